The number of aromatic amines is 1. The Bertz CT molecular complexity index is 600. The summed E-state index contributed by atoms with van der Waals surface area (Å²) in [4.78, 5) is 22.3. The molecule has 0 atom stereocenters. The lowest BCUT2D eigenvalue weighted by atomic mass is 10.1. The smallest absolute Gasteiger partial charge is 0.356 e. The molecule has 5 heteroatoms. The van der Waals surface area contributed by atoms with Gasteiger partial charge in [-0.25, -0.2) is 4.79 Å². The molecule has 0 radical (unpaired) electrons. The SMILES string of the molecule is O=C(C=Cc1cc(C(=O)O)n[nH]1)c1ccccc1. The number of carboxylic acid groups (broad SMARTS) is 1. The molecular formula is C13H10N2O3. The van der Waals surface area contributed by atoms with E-state index in [4.69, 9.17) is 5.11 Å². The largest absolute Gasteiger partial charge is 0.476 e. The first kappa shape index (κ1) is 11.8. The number of benzene rings is 1. The Kier molecular flexibility index (Phi) is 3.33. The van der Waals surface area contributed by atoms with Gasteiger partial charge in [0.05, 0.1) is 5.69 Å². The summed E-state index contributed by atoms with van der Waals surface area (Å²) in [5.74, 6) is -1.26. The number of ketones is 1. The minimum Gasteiger partial charge on any atom is -0.476 e. The summed E-state index contributed by atoms with van der Waals surface area (Å²) in [6, 6.07) is 10.2. The normalized spacial score (nSPS) is 10.7. The number of rotatable bonds is 4. The van der Waals surface area contributed by atoms with Crippen LogP contribution < -0.4 is 0 Å². The molecule has 0 amide bonds. The lowest BCUT2D eigenvalue weighted by Crippen LogP contribution is -1.95. The van der Waals surface area contributed by atoms with Gasteiger partial charge in [0.15, 0.2) is 11.5 Å². The van der Waals surface area contributed by atoms with E-state index in [0.29, 0.717) is 11.3 Å². The highest BCUT2D eigenvalue weighted by atomic mass is 16.4. The summed E-state index contributed by atoms with van der Waals surface area (Å²) in [5.41, 5.74) is 0.963. The minimum atomic E-state index is -1.11. The first-order valence-corrected chi connectivity index (χ1v) is 5.23. The quantitative estimate of drug-likeness (QED) is 0.634. The molecule has 1 heterocycles. The number of carbonyl (C=O) groups excluding carboxylic acids is 1. The molecule has 2 aromatic rings. The Morgan fingerprint density at radius 3 is 2.56 bits per heavy atom. The van der Waals surface area contributed by atoms with Crippen molar-refractivity contribution >= 4 is 17.8 Å². The van der Waals surface area contributed by atoms with E-state index >= 15 is 0 Å². The molecule has 0 spiro atoms. The van der Waals surface area contributed by atoms with E-state index in [1.165, 1.54) is 18.2 Å². The van der Waals surface area contributed by atoms with Gasteiger partial charge in [0.25, 0.3) is 0 Å². The van der Waals surface area contributed by atoms with Gasteiger partial charge in [-0.15, -0.1) is 0 Å². The molecule has 1 aromatic heterocycles. The molecule has 18 heavy (non-hydrogen) atoms. The van der Waals surface area contributed by atoms with Crippen LogP contribution in [0.1, 0.15) is 26.5 Å². The van der Waals surface area contributed by atoms with Crippen LogP contribution in [0.5, 0.6) is 0 Å². The first-order chi connectivity index (χ1) is 8.66. The van der Waals surface area contributed by atoms with Gasteiger partial charge in [-0.2, -0.15) is 5.10 Å². The number of carbonyl (C=O) groups is 2. The van der Waals surface area contributed by atoms with Gasteiger partial charge in [-0.1, -0.05) is 30.3 Å². The average Bonchev–Trinajstić information content (AvgIpc) is 2.86. The molecule has 2 N–H and O–H groups in total. The van der Waals surface area contributed by atoms with Crippen molar-refractivity contribution in [2.24, 2.45) is 0 Å². The van der Waals surface area contributed by atoms with Crippen LogP contribution in [0, 0.1) is 0 Å². The minimum absolute atomic E-state index is 0.0817. The van der Waals surface area contributed by atoms with Crippen molar-refractivity contribution < 1.29 is 14.7 Å². The fourth-order valence-electron chi connectivity index (χ4n) is 1.40. The predicted molar refractivity (Wildman–Crippen MR) is 65.4 cm³/mol. The monoisotopic (exact) mass is 242 g/mol. The summed E-state index contributed by atoms with van der Waals surface area (Å²) < 4.78 is 0. The van der Waals surface area contributed by atoms with Gasteiger partial charge < -0.3 is 5.11 Å². The van der Waals surface area contributed by atoms with E-state index in [0.717, 1.165) is 0 Å². The Balaban J connectivity index is 2.11. The van der Waals surface area contributed by atoms with Crippen LogP contribution >= 0.6 is 0 Å². The predicted octanol–water partition coefficient (Wildman–Crippen LogP) is 2.00. The molecule has 5 nitrogen and oxygen atoms in total. The standard InChI is InChI=1S/C13H10N2O3/c16-12(9-4-2-1-3-5-9)7-6-10-8-11(13(17)18)15-14-10/h1-8H,(H,14,15)(H,17,18). The van der Waals surface area contributed by atoms with Gasteiger partial charge in [0.1, 0.15) is 0 Å². The molecule has 0 saturated heterocycles. The van der Waals surface area contributed by atoms with Crippen LogP contribution in [0.2, 0.25) is 0 Å². The van der Waals surface area contributed by atoms with E-state index in [2.05, 4.69) is 10.2 Å². The molecule has 2 rings (SSSR count). The van der Waals surface area contributed by atoms with Crippen LogP contribution in [0.4, 0.5) is 0 Å². The average molecular weight is 242 g/mol. The number of hydrogen-bond donors (Lipinski definition) is 2. The third-order valence-corrected chi connectivity index (χ3v) is 2.29. The fourth-order valence-corrected chi connectivity index (χ4v) is 1.40. The van der Waals surface area contributed by atoms with Crippen LogP contribution in [-0.2, 0) is 0 Å². The molecule has 0 saturated carbocycles. The molecule has 0 bridgehead atoms. The van der Waals surface area contributed by atoms with E-state index in [-0.39, 0.29) is 11.5 Å². The third kappa shape index (κ3) is 2.70. The third-order valence-electron chi connectivity index (χ3n) is 2.29. The lowest BCUT2D eigenvalue weighted by molar-refractivity contribution is 0.0690. The molecule has 1 aromatic carbocycles. The molecular weight excluding hydrogens is 232 g/mol. The van der Waals surface area contributed by atoms with Crippen molar-refractivity contribution in [2.45, 2.75) is 0 Å². The van der Waals surface area contributed by atoms with Crippen LogP contribution in [0.25, 0.3) is 6.08 Å². The number of H-pyrrole nitrogens is 1. The van der Waals surface area contributed by atoms with Crippen molar-refractivity contribution in [3.05, 3.63) is 59.4 Å². The first-order valence-electron chi connectivity index (χ1n) is 5.23. The highest BCUT2D eigenvalue weighted by Crippen LogP contribution is 2.05. The molecule has 90 valence electrons. The van der Waals surface area contributed by atoms with E-state index in [1.54, 1.807) is 24.3 Å². The number of carboxylic acids is 1. The second kappa shape index (κ2) is 5.09. The molecule has 0 fully saturated rings. The fraction of sp³-hybridized carbons (Fsp3) is 0. The van der Waals surface area contributed by atoms with Gasteiger partial charge in [-0.05, 0) is 18.2 Å². The summed E-state index contributed by atoms with van der Waals surface area (Å²) in [6.45, 7) is 0. The van der Waals surface area contributed by atoms with Crippen molar-refractivity contribution in [1.29, 1.82) is 0 Å². The summed E-state index contributed by atoms with van der Waals surface area (Å²) >= 11 is 0. The number of hydrogen-bond acceptors (Lipinski definition) is 3. The maximum absolute atomic E-state index is 11.7. The summed E-state index contributed by atoms with van der Waals surface area (Å²) in [5, 5.41) is 14.8. The zero-order valence-electron chi connectivity index (χ0n) is 9.33. The van der Waals surface area contributed by atoms with Crippen LogP contribution in [0.3, 0.4) is 0 Å². The Morgan fingerprint density at radius 1 is 1.22 bits per heavy atom. The second-order valence-electron chi connectivity index (χ2n) is 3.58. The summed E-state index contributed by atoms with van der Waals surface area (Å²) in [6.07, 6.45) is 2.86. The van der Waals surface area contributed by atoms with Crippen LogP contribution in [0.15, 0.2) is 42.5 Å². The Labute approximate surface area is 103 Å². The highest BCUT2D eigenvalue weighted by Gasteiger charge is 2.06. The maximum Gasteiger partial charge on any atom is 0.356 e. The number of nitrogens with one attached hydrogen (secondary N) is 1. The van der Waals surface area contributed by atoms with Gasteiger partial charge >= 0.3 is 5.97 Å². The Hall–Kier alpha value is -2.69. The number of allylic oxidation sites excluding steroid dienone is 1. The Morgan fingerprint density at radius 2 is 1.94 bits per heavy atom. The van der Waals surface area contributed by atoms with Crippen molar-refractivity contribution in [1.82, 2.24) is 10.2 Å². The topological polar surface area (TPSA) is 83.1 Å². The number of aromatic nitrogens is 2. The molecule has 0 aliphatic heterocycles. The summed E-state index contributed by atoms with van der Waals surface area (Å²) in [7, 11) is 0. The molecule has 0 aliphatic rings. The van der Waals surface area contributed by atoms with E-state index in [1.807, 2.05) is 6.07 Å². The van der Waals surface area contributed by atoms with Crippen molar-refractivity contribution in [3.63, 3.8) is 0 Å². The van der Waals surface area contributed by atoms with Crippen molar-refractivity contribution in [2.75, 3.05) is 0 Å². The number of nitrogens with zero attached hydrogens (tertiary/aromatic N) is 1. The van der Waals surface area contributed by atoms with Crippen molar-refractivity contribution in [3.8, 4) is 0 Å². The molecule has 0 aliphatic carbocycles. The zero-order valence-corrected chi connectivity index (χ0v) is 9.33. The van der Waals surface area contributed by atoms with E-state index < -0.39 is 5.97 Å². The van der Waals surface area contributed by atoms with Gasteiger partial charge in [0, 0.05) is 5.56 Å². The second-order valence-corrected chi connectivity index (χ2v) is 3.58. The van der Waals surface area contributed by atoms with Crippen LogP contribution in [-0.4, -0.2) is 27.1 Å². The van der Waals surface area contributed by atoms with E-state index in [9.17, 15) is 9.59 Å². The molecule has 0 unspecified atom stereocenters. The zero-order chi connectivity index (χ0) is 13.0. The maximum atomic E-state index is 11.7. The number of aromatic carboxylic acids is 1. The van der Waals surface area contributed by atoms with Gasteiger partial charge in [0.2, 0.25) is 0 Å². The highest BCUT2D eigenvalue weighted by molar-refractivity contribution is 6.06. The lowest BCUT2D eigenvalue weighted by Gasteiger charge is -1.92. The van der Waals surface area contributed by atoms with Gasteiger partial charge in [-0.3, -0.25) is 9.89 Å².